The van der Waals surface area contributed by atoms with Gasteiger partial charge in [-0.1, -0.05) is 12.2 Å². The van der Waals surface area contributed by atoms with Crippen molar-refractivity contribution in [2.24, 2.45) is 0 Å². The minimum atomic E-state index is -0.703. The lowest BCUT2D eigenvalue weighted by molar-refractivity contribution is -0.176. The molecule has 0 unspecified atom stereocenters. The summed E-state index contributed by atoms with van der Waals surface area (Å²) in [6.45, 7) is 6.46. The second-order valence-corrected chi connectivity index (χ2v) is 4.27. The lowest BCUT2D eigenvalue weighted by Gasteiger charge is -2.25. The molecule has 0 aliphatic carbocycles. The van der Waals surface area contributed by atoms with Crippen LogP contribution in [0.25, 0.3) is 0 Å². The van der Waals surface area contributed by atoms with Gasteiger partial charge in [-0.05, 0) is 6.08 Å². The molecule has 100 valence electrons. The molecule has 0 aromatic carbocycles. The summed E-state index contributed by atoms with van der Waals surface area (Å²) in [5, 5.41) is 0. The minimum Gasteiger partial charge on any atom is -0.462 e. The average molecular weight is 254 g/mol. The van der Waals surface area contributed by atoms with Crippen LogP contribution in [0.4, 0.5) is 0 Å². The van der Waals surface area contributed by atoms with E-state index in [9.17, 15) is 4.79 Å². The van der Waals surface area contributed by atoms with Gasteiger partial charge in [-0.3, -0.25) is 4.79 Å². The molecular weight excluding hydrogens is 236 g/mol. The van der Waals surface area contributed by atoms with E-state index in [0.717, 1.165) is 0 Å². The first-order valence-electron chi connectivity index (χ1n) is 6.02. The number of esters is 1. The van der Waals surface area contributed by atoms with Crippen LogP contribution in [0.15, 0.2) is 24.8 Å². The minimum absolute atomic E-state index is 0.0773. The molecule has 0 aromatic rings. The van der Waals surface area contributed by atoms with Crippen molar-refractivity contribution in [1.29, 1.82) is 0 Å². The van der Waals surface area contributed by atoms with E-state index in [1.807, 2.05) is 6.08 Å². The van der Waals surface area contributed by atoms with Crippen LogP contribution < -0.4 is 0 Å². The zero-order chi connectivity index (χ0) is 13.0. The Hall–Kier alpha value is -1.17. The standard InChI is InChI=1S/C13H18O5/c1-3-11-9-13(16-7-8-17-13)12(18-11)5-4-6-15-10(2)14/h3-5,11-12H,1,6-9H2,2H3/b5-4+/t11-,12+/m1/s1. The molecule has 2 rings (SSSR count). The van der Waals surface area contributed by atoms with Gasteiger partial charge in [0, 0.05) is 13.3 Å². The van der Waals surface area contributed by atoms with Gasteiger partial charge in [0.1, 0.15) is 12.7 Å². The van der Waals surface area contributed by atoms with Crippen LogP contribution in [0.2, 0.25) is 0 Å². The molecule has 0 aromatic heterocycles. The smallest absolute Gasteiger partial charge is 0.302 e. The lowest BCUT2D eigenvalue weighted by Crippen LogP contribution is -2.38. The second kappa shape index (κ2) is 5.65. The van der Waals surface area contributed by atoms with Crippen LogP contribution in [0.1, 0.15) is 13.3 Å². The van der Waals surface area contributed by atoms with Crippen molar-refractivity contribution in [3.63, 3.8) is 0 Å². The summed E-state index contributed by atoms with van der Waals surface area (Å²) >= 11 is 0. The molecule has 2 saturated heterocycles. The predicted molar refractivity (Wildman–Crippen MR) is 63.9 cm³/mol. The SMILES string of the molecule is C=C[C@@H]1CC2(OCCO2)[C@H](/C=C/COC(C)=O)O1. The molecule has 2 heterocycles. The van der Waals surface area contributed by atoms with E-state index < -0.39 is 5.79 Å². The molecular formula is C13H18O5. The molecule has 0 radical (unpaired) electrons. The van der Waals surface area contributed by atoms with Gasteiger partial charge in [-0.15, -0.1) is 6.58 Å². The van der Waals surface area contributed by atoms with Crippen molar-refractivity contribution in [3.8, 4) is 0 Å². The van der Waals surface area contributed by atoms with Gasteiger partial charge in [0.05, 0.1) is 19.3 Å². The summed E-state index contributed by atoms with van der Waals surface area (Å²) in [6.07, 6.45) is 5.57. The number of carbonyl (C=O) groups excluding carboxylic acids is 1. The summed E-state index contributed by atoms with van der Waals surface area (Å²) in [6, 6.07) is 0. The molecule has 5 heteroatoms. The molecule has 0 N–H and O–H groups in total. The van der Waals surface area contributed by atoms with Crippen molar-refractivity contribution in [3.05, 3.63) is 24.8 Å². The molecule has 2 fully saturated rings. The number of hydrogen-bond acceptors (Lipinski definition) is 5. The maximum Gasteiger partial charge on any atom is 0.302 e. The molecule has 5 nitrogen and oxygen atoms in total. The Morgan fingerprint density at radius 1 is 1.50 bits per heavy atom. The van der Waals surface area contributed by atoms with E-state index in [1.165, 1.54) is 6.92 Å². The van der Waals surface area contributed by atoms with Crippen LogP contribution >= 0.6 is 0 Å². The highest BCUT2D eigenvalue weighted by molar-refractivity contribution is 5.65. The van der Waals surface area contributed by atoms with E-state index in [-0.39, 0.29) is 24.8 Å². The Bertz CT molecular complexity index is 343. The first-order valence-corrected chi connectivity index (χ1v) is 6.02. The van der Waals surface area contributed by atoms with E-state index in [4.69, 9.17) is 18.9 Å². The molecule has 18 heavy (non-hydrogen) atoms. The van der Waals surface area contributed by atoms with Gasteiger partial charge in [-0.25, -0.2) is 0 Å². The third-order valence-corrected chi connectivity index (χ3v) is 2.97. The Kier molecular flexibility index (Phi) is 4.16. The van der Waals surface area contributed by atoms with E-state index in [2.05, 4.69) is 6.58 Å². The van der Waals surface area contributed by atoms with E-state index in [0.29, 0.717) is 19.6 Å². The summed E-state index contributed by atoms with van der Waals surface area (Å²) in [5.41, 5.74) is 0. The first-order chi connectivity index (χ1) is 8.66. The first kappa shape index (κ1) is 13.3. The summed E-state index contributed by atoms with van der Waals surface area (Å²) in [4.78, 5) is 10.6. The Morgan fingerprint density at radius 3 is 2.83 bits per heavy atom. The fourth-order valence-electron chi connectivity index (χ4n) is 2.16. The normalized spacial score (nSPS) is 30.1. The third-order valence-electron chi connectivity index (χ3n) is 2.97. The summed E-state index contributed by atoms with van der Waals surface area (Å²) < 4.78 is 21.9. The zero-order valence-corrected chi connectivity index (χ0v) is 10.5. The van der Waals surface area contributed by atoms with E-state index in [1.54, 1.807) is 12.2 Å². The number of carbonyl (C=O) groups is 1. The lowest BCUT2D eigenvalue weighted by atomic mass is 10.1. The van der Waals surface area contributed by atoms with Crippen molar-refractivity contribution >= 4 is 5.97 Å². The van der Waals surface area contributed by atoms with Crippen molar-refractivity contribution in [2.45, 2.75) is 31.3 Å². The molecule has 0 saturated carbocycles. The van der Waals surface area contributed by atoms with Crippen LogP contribution in [-0.2, 0) is 23.7 Å². The maximum absolute atomic E-state index is 10.6. The number of rotatable bonds is 4. The van der Waals surface area contributed by atoms with Gasteiger partial charge >= 0.3 is 5.97 Å². The van der Waals surface area contributed by atoms with Gasteiger partial charge < -0.3 is 18.9 Å². The van der Waals surface area contributed by atoms with Gasteiger partial charge in [0.25, 0.3) is 0 Å². The molecule has 2 atom stereocenters. The summed E-state index contributed by atoms with van der Waals surface area (Å²) in [7, 11) is 0. The monoisotopic (exact) mass is 254 g/mol. The van der Waals surface area contributed by atoms with Crippen molar-refractivity contribution in [2.75, 3.05) is 19.8 Å². The van der Waals surface area contributed by atoms with Gasteiger partial charge in [0.15, 0.2) is 0 Å². The highest BCUT2D eigenvalue weighted by Crippen LogP contribution is 2.39. The van der Waals surface area contributed by atoms with Crippen molar-refractivity contribution < 1.29 is 23.7 Å². The maximum atomic E-state index is 10.6. The van der Waals surface area contributed by atoms with Crippen molar-refractivity contribution in [1.82, 2.24) is 0 Å². The fourth-order valence-corrected chi connectivity index (χ4v) is 2.16. The zero-order valence-electron chi connectivity index (χ0n) is 10.5. The average Bonchev–Trinajstić information content (AvgIpc) is 2.94. The Morgan fingerprint density at radius 2 is 2.22 bits per heavy atom. The van der Waals surface area contributed by atoms with Gasteiger partial charge in [-0.2, -0.15) is 0 Å². The quantitative estimate of drug-likeness (QED) is 0.557. The predicted octanol–water partition coefficient (Wildman–Crippen LogP) is 1.19. The molecule has 2 aliphatic heterocycles. The topological polar surface area (TPSA) is 54.0 Å². The van der Waals surface area contributed by atoms with Crippen LogP contribution in [0.5, 0.6) is 0 Å². The molecule has 0 amide bonds. The van der Waals surface area contributed by atoms with Crippen LogP contribution in [0, 0.1) is 0 Å². The second-order valence-electron chi connectivity index (χ2n) is 4.27. The largest absolute Gasteiger partial charge is 0.462 e. The Labute approximate surface area is 106 Å². The Balaban J connectivity index is 1.96. The third kappa shape index (κ3) is 2.80. The molecule has 0 bridgehead atoms. The highest BCUT2D eigenvalue weighted by atomic mass is 16.8. The van der Waals surface area contributed by atoms with Crippen LogP contribution in [-0.4, -0.2) is 43.8 Å². The number of ether oxygens (including phenoxy) is 4. The van der Waals surface area contributed by atoms with Gasteiger partial charge in [0.2, 0.25) is 5.79 Å². The summed E-state index contributed by atoms with van der Waals surface area (Å²) in [5.74, 6) is -1.01. The molecule has 2 aliphatic rings. The molecule has 1 spiro atoms. The number of hydrogen-bond donors (Lipinski definition) is 0. The highest BCUT2D eigenvalue weighted by Gasteiger charge is 2.51. The fraction of sp³-hybridized carbons (Fsp3) is 0.615. The van der Waals surface area contributed by atoms with E-state index >= 15 is 0 Å². The van der Waals surface area contributed by atoms with Crippen LogP contribution in [0.3, 0.4) is 0 Å².